The molecule has 1 amide bonds. The summed E-state index contributed by atoms with van der Waals surface area (Å²) in [7, 11) is 0. The van der Waals surface area contributed by atoms with Crippen LogP contribution in [-0.4, -0.2) is 15.5 Å². The number of hydrogen-bond donors (Lipinski definition) is 1. The van der Waals surface area contributed by atoms with E-state index >= 15 is 0 Å². The molecule has 0 aliphatic heterocycles. The summed E-state index contributed by atoms with van der Waals surface area (Å²) >= 11 is 4.72. The van der Waals surface area contributed by atoms with Gasteiger partial charge in [-0.25, -0.2) is 9.37 Å². The number of amides is 1. The molecule has 0 radical (unpaired) electrons. The van der Waals surface area contributed by atoms with E-state index in [-0.39, 0.29) is 36.8 Å². The molecule has 0 saturated carbocycles. The molecule has 0 atom stereocenters. The van der Waals surface area contributed by atoms with Gasteiger partial charge in [-0.15, -0.1) is 11.3 Å². The zero-order valence-electron chi connectivity index (χ0n) is 14.3. The number of thiophene rings is 1. The molecule has 5 nitrogen and oxygen atoms in total. The highest BCUT2D eigenvalue weighted by molar-refractivity contribution is 9.10. The largest absolute Gasteiger partial charge is 0.352 e. The van der Waals surface area contributed by atoms with Crippen LogP contribution in [0.25, 0.3) is 10.2 Å². The van der Waals surface area contributed by atoms with Gasteiger partial charge in [-0.2, -0.15) is 0 Å². The van der Waals surface area contributed by atoms with Crippen molar-refractivity contribution < 1.29 is 9.18 Å². The van der Waals surface area contributed by atoms with Gasteiger partial charge in [0.1, 0.15) is 10.6 Å². The van der Waals surface area contributed by atoms with Crippen LogP contribution in [0.4, 0.5) is 4.39 Å². The average molecular weight is 438 g/mol. The first kappa shape index (κ1) is 18.7. The highest BCUT2D eigenvalue weighted by Crippen LogP contribution is 2.25. The minimum absolute atomic E-state index is 0.126. The summed E-state index contributed by atoms with van der Waals surface area (Å²) < 4.78 is 15.4. The molecular formula is C18H17BrFN3O2S. The van der Waals surface area contributed by atoms with Crippen molar-refractivity contribution >= 4 is 43.4 Å². The number of nitrogens with one attached hydrogen (secondary N) is 1. The Morgan fingerprint density at radius 1 is 1.35 bits per heavy atom. The highest BCUT2D eigenvalue weighted by Gasteiger charge is 2.12. The molecule has 26 heavy (non-hydrogen) atoms. The standard InChI is InChI=1S/C18H17BrFN3O2S/c1-10-11(2)26-17-16(10)18(25)23(9-22-17)4-3-15(24)21-8-12-5-13(19)7-14(20)6-12/h5-7,9H,3-4,8H2,1-2H3,(H,21,24). The van der Waals surface area contributed by atoms with E-state index in [2.05, 4.69) is 26.2 Å². The molecule has 0 fully saturated rings. The molecule has 136 valence electrons. The number of aromatic nitrogens is 2. The quantitative estimate of drug-likeness (QED) is 0.661. The Labute approximate surface area is 162 Å². The minimum Gasteiger partial charge on any atom is -0.352 e. The third-order valence-electron chi connectivity index (χ3n) is 4.15. The van der Waals surface area contributed by atoms with Crippen LogP contribution in [0, 0.1) is 19.7 Å². The molecule has 0 unspecified atom stereocenters. The van der Waals surface area contributed by atoms with Crippen molar-refractivity contribution in [2.24, 2.45) is 0 Å². The van der Waals surface area contributed by atoms with Crippen LogP contribution in [0.3, 0.4) is 0 Å². The summed E-state index contributed by atoms with van der Waals surface area (Å²) in [6, 6.07) is 4.47. The molecule has 8 heteroatoms. The van der Waals surface area contributed by atoms with Gasteiger partial charge in [0.2, 0.25) is 5.91 Å². The van der Waals surface area contributed by atoms with E-state index in [4.69, 9.17) is 0 Å². The summed E-state index contributed by atoms with van der Waals surface area (Å²) in [5.41, 5.74) is 1.48. The Kier molecular flexibility index (Phi) is 5.52. The first-order chi connectivity index (χ1) is 12.3. The van der Waals surface area contributed by atoms with Crippen LogP contribution in [0.1, 0.15) is 22.4 Å². The maximum absolute atomic E-state index is 13.3. The van der Waals surface area contributed by atoms with Gasteiger partial charge < -0.3 is 5.32 Å². The van der Waals surface area contributed by atoms with E-state index in [1.807, 2.05) is 13.8 Å². The molecule has 0 spiro atoms. The second-order valence-corrected chi connectivity index (χ2v) is 8.13. The number of aryl methyl sites for hydroxylation is 3. The Balaban J connectivity index is 1.64. The fraction of sp³-hybridized carbons (Fsp3) is 0.278. The topological polar surface area (TPSA) is 64.0 Å². The lowest BCUT2D eigenvalue weighted by atomic mass is 10.2. The number of benzene rings is 1. The zero-order valence-corrected chi connectivity index (χ0v) is 16.7. The Morgan fingerprint density at radius 3 is 2.85 bits per heavy atom. The summed E-state index contributed by atoms with van der Waals surface area (Å²) in [5, 5.41) is 3.36. The number of halogens is 2. The maximum Gasteiger partial charge on any atom is 0.262 e. The van der Waals surface area contributed by atoms with Gasteiger partial charge in [0, 0.05) is 28.9 Å². The van der Waals surface area contributed by atoms with E-state index in [0.717, 1.165) is 15.3 Å². The predicted molar refractivity (Wildman–Crippen MR) is 104 cm³/mol. The molecular weight excluding hydrogens is 421 g/mol. The molecule has 1 N–H and O–H groups in total. The SMILES string of the molecule is Cc1sc2ncn(CCC(=O)NCc3cc(F)cc(Br)c3)c(=O)c2c1C. The van der Waals surface area contributed by atoms with Gasteiger partial charge in [-0.3, -0.25) is 14.2 Å². The van der Waals surface area contributed by atoms with Crippen LogP contribution in [0.15, 0.2) is 33.8 Å². The number of carbonyl (C=O) groups is 1. The normalized spacial score (nSPS) is 11.1. The van der Waals surface area contributed by atoms with E-state index in [1.54, 1.807) is 6.07 Å². The van der Waals surface area contributed by atoms with Gasteiger partial charge in [0.15, 0.2) is 0 Å². The van der Waals surface area contributed by atoms with Crippen molar-refractivity contribution in [1.29, 1.82) is 0 Å². The molecule has 0 bridgehead atoms. The molecule has 2 heterocycles. The first-order valence-electron chi connectivity index (χ1n) is 8.02. The Morgan fingerprint density at radius 2 is 2.12 bits per heavy atom. The van der Waals surface area contributed by atoms with Crippen LogP contribution in [0.2, 0.25) is 0 Å². The fourth-order valence-electron chi connectivity index (χ4n) is 2.65. The molecule has 1 aromatic carbocycles. The van der Waals surface area contributed by atoms with Gasteiger partial charge in [-0.1, -0.05) is 15.9 Å². The Hall–Kier alpha value is -2.06. The average Bonchev–Trinajstić information content (AvgIpc) is 2.86. The second-order valence-electron chi connectivity index (χ2n) is 6.01. The van der Waals surface area contributed by atoms with Crippen molar-refractivity contribution in [1.82, 2.24) is 14.9 Å². The van der Waals surface area contributed by atoms with E-state index in [0.29, 0.717) is 15.4 Å². The third-order valence-corrected chi connectivity index (χ3v) is 5.72. The summed E-state index contributed by atoms with van der Waals surface area (Å²) in [6.07, 6.45) is 1.63. The van der Waals surface area contributed by atoms with E-state index < -0.39 is 0 Å². The van der Waals surface area contributed by atoms with Gasteiger partial charge in [0.05, 0.1) is 11.7 Å². The smallest absolute Gasteiger partial charge is 0.262 e. The van der Waals surface area contributed by atoms with Crippen molar-refractivity contribution in [2.75, 3.05) is 0 Å². The summed E-state index contributed by atoms with van der Waals surface area (Å²) in [4.78, 5) is 30.7. The van der Waals surface area contributed by atoms with Crippen molar-refractivity contribution in [3.8, 4) is 0 Å². The third kappa shape index (κ3) is 4.02. The summed E-state index contributed by atoms with van der Waals surface area (Å²) in [6.45, 7) is 4.34. The molecule has 2 aromatic heterocycles. The monoisotopic (exact) mass is 437 g/mol. The molecule has 0 aliphatic rings. The molecule has 0 aliphatic carbocycles. The first-order valence-corrected chi connectivity index (χ1v) is 9.63. The van der Waals surface area contributed by atoms with Gasteiger partial charge in [-0.05, 0) is 43.2 Å². The predicted octanol–water partition coefficient (Wildman–Crippen LogP) is 3.68. The van der Waals surface area contributed by atoms with Crippen molar-refractivity contribution in [2.45, 2.75) is 33.4 Å². The number of fused-ring (bicyclic) bond motifs is 1. The summed E-state index contributed by atoms with van der Waals surface area (Å²) in [5.74, 6) is -0.577. The highest BCUT2D eigenvalue weighted by atomic mass is 79.9. The van der Waals surface area contributed by atoms with Crippen LogP contribution in [0.5, 0.6) is 0 Å². The Bertz CT molecular complexity index is 1020. The number of hydrogen-bond acceptors (Lipinski definition) is 4. The van der Waals surface area contributed by atoms with Gasteiger partial charge >= 0.3 is 0 Å². The van der Waals surface area contributed by atoms with Crippen molar-refractivity contribution in [3.63, 3.8) is 0 Å². The van der Waals surface area contributed by atoms with E-state index in [1.165, 1.54) is 34.4 Å². The van der Waals surface area contributed by atoms with Crippen LogP contribution in [-0.2, 0) is 17.9 Å². The van der Waals surface area contributed by atoms with Crippen LogP contribution >= 0.6 is 27.3 Å². The fourth-order valence-corrected chi connectivity index (χ4v) is 4.15. The zero-order chi connectivity index (χ0) is 18.8. The van der Waals surface area contributed by atoms with Gasteiger partial charge in [0.25, 0.3) is 5.56 Å². The number of nitrogens with zero attached hydrogens (tertiary/aromatic N) is 2. The molecule has 3 rings (SSSR count). The maximum atomic E-state index is 13.3. The number of carbonyl (C=O) groups excluding carboxylic acids is 1. The lowest BCUT2D eigenvalue weighted by Crippen LogP contribution is -2.27. The molecule has 0 saturated heterocycles. The van der Waals surface area contributed by atoms with Crippen LogP contribution < -0.4 is 10.9 Å². The minimum atomic E-state index is -0.365. The number of rotatable bonds is 5. The molecule has 3 aromatic rings. The lowest BCUT2D eigenvalue weighted by Gasteiger charge is -2.08. The second kappa shape index (κ2) is 7.67. The lowest BCUT2D eigenvalue weighted by molar-refractivity contribution is -0.121. The van der Waals surface area contributed by atoms with Crippen molar-refractivity contribution in [3.05, 3.63) is 61.2 Å². The van der Waals surface area contributed by atoms with E-state index in [9.17, 15) is 14.0 Å².